The van der Waals surface area contributed by atoms with Crippen LogP contribution in [0.4, 0.5) is 5.69 Å². The van der Waals surface area contributed by atoms with Gasteiger partial charge in [-0.2, -0.15) is 0 Å². The zero-order valence-electron chi connectivity index (χ0n) is 14.0. The number of anilines is 1. The van der Waals surface area contributed by atoms with Crippen LogP contribution in [0, 0.1) is 0 Å². The molecule has 0 radical (unpaired) electrons. The number of hydrogen-bond donors (Lipinski definition) is 1. The zero-order valence-corrected chi connectivity index (χ0v) is 14.0. The van der Waals surface area contributed by atoms with Crippen LogP contribution in [0.1, 0.15) is 51.1 Å². The molecule has 1 saturated heterocycles. The van der Waals surface area contributed by atoms with Gasteiger partial charge in [0.2, 0.25) is 0 Å². The Morgan fingerprint density at radius 3 is 2.40 bits per heavy atom. The average Bonchev–Trinajstić information content (AvgIpc) is 3.16. The number of hydrogen-bond acceptors (Lipinski definition) is 4. The van der Waals surface area contributed by atoms with Crippen LogP contribution in [-0.2, 0) is 0 Å². The van der Waals surface area contributed by atoms with Crippen molar-refractivity contribution in [3.05, 3.63) is 59.4 Å². The first-order valence-electron chi connectivity index (χ1n) is 8.23. The van der Waals surface area contributed by atoms with Crippen LogP contribution in [0.5, 0.6) is 0 Å². The summed E-state index contributed by atoms with van der Waals surface area (Å²) in [6, 6.07) is 11.5. The number of nitrogens with zero attached hydrogens (tertiary/aromatic N) is 2. The minimum Gasteiger partial charge on any atom is -0.337 e. The lowest BCUT2D eigenvalue weighted by Gasteiger charge is -2.14. The fraction of sp³-hybridized carbons (Fsp3) is 0.263. The third kappa shape index (κ3) is 3.91. The number of aromatic nitrogens is 1. The van der Waals surface area contributed by atoms with Crippen LogP contribution >= 0.6 is 0 Å². The number of benzene rings is 1. The van der Waals surface area contributed by atoms with Gasteiger partial charge in [-0.25, -0.2) is 4.98 Å². The Morgan fingerprint density at radius 2 is 1.68 bits per heavy atom. The average molecular weight is 337 g/mol. The first-order chi connectivity index (χ1) is 12.0. The van der Waals surface area contributed by atoms with Crippen molar-refractivity contribution in [1.29, 1.82) is 0 Å². The molecule has 1 aromatic carbocycles. The number of amides is 2. The van der Waals surface area contributed by atoms with Crippen molar-refractivity contribution in [1.82, 2.24) is 9.88 Å². The topological polar surface area (TPSA) is 79.4 Å². The summed E-state index contributed by atoms with van der Waals surface area (Å²) in [6.45, 7) is 2.93. The van der Waals surface area contributed by atoms with E-state index in [1.54, 1.807) is 47.4 Å². The molecule has 6 nitrogen and oxygen atoms in total. The van der Waals surface area contributed by atoms with E-state index in [9.17, 15) is 14.4 Å². The van der Waals surface area contributed by atoms with Crippen LogP contribution in [0.15, 0.2) is 42.5 Å². The number of nitrogens with one attached hydrogen (secondary N) is 1. The normalized spacial score (nSPS) is 13.6. The van der Waals surface area contributed by atoms with Gasteiger partial charge in [-0.05, 0) is 44.0 Å². The summed E-state index contributed by atoms with van der Waals surface area (Å²) >= 11 is 0. The molecule has 0 spiro atoms. The van der Waals surface area contributed by atoms with Crippen LogP contribution in [0.2, 0.25) is 0 Å². The van der Waals surface area contributed by atoms with Gasteiger partial charge in [-0.15, -0.1) is 0 Å². The van der Waals surface area contributed by atoms with Crippen LogP contribution in [0.3, 0.4) is 0 Å². The number of ketones is 1. The minimum atomic E-state index is -0.420. The summed E-state index contributed by atoms with van der Waals surface area (Å²) in [4.78, 5) is 42.2. The summed E-state index contributed by atoms with van der Waals surface area (Å²) in [6.07, 6.45) is 2.00. The van der Waals surface area contributed by atoms with Gasteiger partial charge in [0.15, 0.2) is 5.78 Å². The molecular weight excluding hydrogens is 318 g/mol. The molecule has 0 unspecified atom stereocenters. The van der Waals surface area contributed by atoms with E-state index >= 15 is 0 Å². The summed E-state index contributed by atoms with van der Waals surface area (Å²) in [5, 5.41) is 2.71. The molecule has 0 bridgehead atoms. The van der Waals surface area contributed by atoms with Crippen molar-refractivity contribution in [2.75, 3.05) is 18.4 Å². The van der Waals surface area contributed by atoms with Crippen LogP contribution < -0.4 is 5.32 Å². The van der Waals surface area contributed by atoms with E-state index in [2.05, 4.69) is 10.3 Å². The summed E-state index contributed by atoms with van der Waals surface area (Å²) in [7, 11) is 0. The second-order valence-corrected chi connectivity index (χ2v) is 6.00. The van der Waals surface area contributed by atoms with Gasteiger partial charge in [0.25, 0.3) is 11.8 Å². The first-order valence-corrected chi connectivity index (χ1v) is 8.23. The Labute approximate surface area is 145 Å². The summed E-state index contributed by atoms with van der Waals surface area (Å²) < 4.78 is 0. The Morgan fingerprint density at radius 1 is 1.00 bits per heavy atom. The van der Waals surface area contributed by atoms with E-state index < -0.39 is 5.91 Å². The van der Waals surface area contributed by atoms with E-state index in [0.29, 0.717) is 11.3 Å². The van der Waals surface area contributed by atoms with Gasteiger partial charge < -0.3 is 10.2 Å². The maximum absolute atomic E-state index is 12.4. The van der Waals surface area contributed by atoms with Crippen LogP contribution in [-0.4, -0.2) is 40.6 Å². The van der Waals surface area contributed by atoms with E-state index in [0.717, 1.165) is 25.9 Å². The molecule has 0 saturated carbocycles. The number of pyridine rings is 1. The van der Waals surface area contributed by atoms with E-state index in [-0.39, 0.29) is 23.1 Å². The third-order valence-corrected chi connectivity index (χ3v) is 4.12. The van der Waals surface area contributed by atoms with Gasteiger partial charge in [0.1, 0.15) is 11.4 Å². The van der Waals surface area contributed by atoms with Gasteiger partial charge >= 0.3 is 0 Å². The Kier molecular flexibility index (Phi) is 4.88. The molecule has 0 atom stereocenters. The number of likely N-dealkylation sites (tertiary alicyclic amines) is 1. The molecule has 128 valence electrons. The molecule has 3 rings (SSSR count). The molecule has 1 aromatic heterocycles. The number of carbonyl (C=O) groups excluding carboxylic acids is 3. The highest BCUT2D eigenvalue weighted by Crippen LogP contribution is 2.14. The minimum absolute atomic E-state index is 0.0765. The van der Waals surface area contributed by atoms with Crippen molar-refractivity contribution >= 4 is 23.3 Å². The molecule has 2 heterocycles. The van der Waals surface area contributed by atoms with Crippen molar-refractivity contribution < 1.29 is 14.4 Å². The zero-order chi connectivity index (χ0) is 17.8. The lowest BCUT2D eigenvalue weighted by molar-refractivity contribution is 0.0786. The second-order valence-electron chi connectivity index (χ2n) is 6.00. The highest BCUT2D eigenvalue weighted by molar-refractivity contribution is 6.04. The predicted octanol–water partition coefficient (Wildman–Crippen LogP) is 2.77. The molecular formula is C19H19N3O3. The fourth-order valence-electron chi connectivity index (χ4n) is 2.77. The highest BCUT2D eigenvalue weighted by atomic mass is 16.2. The largest absolute Gasteiger partial charge is 0.337 e. The summed E-state index contributed by atoms with van der Waals surface area (Å²) in [5.41, 5.74) is 1.46. The molecule has 25 heavy (non-hydrogen) atoms. The van der Waals surface area contributed by atoms with E-state index in [1.165, 1.54) is 6.92 Å². The predicted molar refractivity (Wildman–Crippen MR) is 93.8 cm³/mol. The Bertz CT molecular complexity index is 826. The van der Waals surface area contributed by atoms with Crippen molar-refractivity contribution in [2.24, 2.45) is 0 Å². The SMILES string of the molecule is CC(=O)c1cccc(NC(=O)c2cccc(C(=O)N3CCCC3)n2)c1. The smallest absolute Gasteiger partial charge is 0.274 e. The molecule has 2 aromatic rings. The highest BCUT2D eigenvalue weighted by Gasteiger charge is 2.21. The maximum Gasteiger partial charge on any atom is 0.274 e. The third-order valence-electron chi connectivity index (χ3n) is 4.12. The number of rotatable bonds is 4. The van der Waals surface area contributed by atoms with Crippen molar-refractivity contribution in [3.8, 4) is 0 Å². The second kappa shape index (κ2) is 7.25. The molecule has 1 fully saturated rings. The molecule has 1 aliphatic heterocycles. The molecule has 2 amide bonds. The van der Waals surface area contributed by atoms with Crippen molar-refractivity contribution in [3.63, 3.8) is 0 Å². The fourth-order valence-corrected chi connectivity index (χ4v) is 2.77. The van der Waals surface area contributed by atoms with Gasteiger partial charge in [-0.1, -0.05) is 18.2 Å². The van der Waals surface area contributed by atoms with Gasteiger partial charge in [-0.3, -0.25) is 14.4 Å². The van der Waals surface area contributed by atoms with E-state index in [1.807, 2.05) is 0 Å². The number of carbonyl (C=O) groups is 3. The quantitative estimate of drug-likeness (QED) is 0.870. The van der Waals surface area contributed by atoms with Crippen LogP contribution in [0.25, 0.3) is 0 Å². The summed E-state index contributed by atoms with van der Waals surface area (Å²) in [5.74, 6) is -0.644. The lowest BCUT2D eigenvalue weighted by Crippen LogP contribution is -2.29. The molecule has 6 heteroatoms. The molecule has 1 aliphatic rings. The molecule has 0 aliphatic carbocycles. The molecule has 1 N–H and O–H groups in total. The Hall–Kier alpha value is -3.02. The van der Waals surface area contributed by atoms with E-state index in [4.69, 9.17) is 0 Å². The van der Waals surface area contributed by atoms with Gasteiger partial charge in [0, 0.05) is 24.3 Å². The Balaban J connectivity index is 1.76. The standard InChI is InChI=1S/C19H19N3O3/c1-13(23)14-6-4-7-15(12-14)20-18(24)16-8-5-9-17(21-16)19(25)22-10-2-3-11-22/h4-9,12H,2-3,10-11H2,1H3,(H,20,24). The maximum atomic E-state index is 12.4. The lowest BCUT2D eigenvalue weighted by atomic mass is 10.1. The first kappa shape index (κ1) is 16.8. The number of Topliss-reactive ketones (excluding diaryl/α,β-unsaturated/α-hetero) is 1. The van der Waals surface area contributed by atoms with Crippen molar-refractivity contribution in [2.45, 2.75) is 19.8 Å². The monoisotopic (exact) mass is 337 g/mol. The van der Waals surface area contributed by atoms with Gasteiger partial charge in [0.05, 0.1) is 0 Å².